The first kappa shape index (κ1) is 8.38. The lowest BCUT2D eigenvalue weighted by atomic mass is 10.3. The summed E-state index contributed by atoms with van der Waals surface area (Å²) in [4.78, 5) is 0.931. The van der Waals surface area contributed by atoms with Crippen molar-refractivity contribution in [3.05, 3.63) is 35.7 Å². The predicted octanol–water partition coefficient (Wildman–Crippen LogP) is 2.70. The van der Waals surface area contributed by atoms with E-state index in [2.05, 4.69) is 16.1 Å². The van der Waals surface area contributed by atoms with Gasteiger partial charge in [-0.1, -0.05) is 22.3 Å². The average molecular weight is 193 g/mol. The van der Waals surface area contributed by atoms with E-state index in [0.29, 0.717) is 5.75 Å². The van der Waals surface area contributed by atoms with Gasteiger partial charge in [0, 0.05) is 6.21 Å². The fourth-order valence-electron chi connectivity index (χ4n) is 1.32. The maximum absolute atomic E-state index is 9.65. The smallest absolute Gasteiger partial charge is 0.129 e. The van der Waals surface area contributed by atoms with Gasteiger partial charge in [-0.05, 0) is 29.9 Å². The van der Waals surface area contributed by atoms with Gasteiger partial charge in [-0.25, -0.2) is 4.40 Å². The Bertz CT molecular complexity index is 372. The van der Waals surface area contributed by atoms with Crippen LogP contribution in [0, 0.1) is 0 Å². The van der Waals surface area contributed by atoms with Gasteiger partial charge in [-0.3, -0.25) is 0 Å². The minimum Gasteiger partial charge on any atom is -0.507 e. The number of benzene rings is 1. The van der Waals surface area contributed by atoms with Crippen LogP contribution in [0.15, 0.2) is 45.0 Å². The number of hydrogen-bond donors (Lipinski definition) is 1. The quantitative estimate of drug-likeness (QED) is 0.730. The van der Waals surface area contributed by atoms with Crippen molar-refractivity contribution >= 4 is 16.4 Å². The number of hydrogen-bond acceptors (Lipinski definition) is 2. The van der Waals surface area contributed by atoms with Crippen LogP contribution >= 0.6 is 10.2 Å². The zero-order chi connectivity index (χ0) is 9.31. The third-order valence-corrected chi connectivity index (χ3v) is 4.50. The van der Waals surface area contributed by atoms with Gasteiger partial charge in [0.25, 0.3) is 0 Å². The van der Waals surface area contributed by atoms with Crippen LogP contribution in [-0.4, -0.2) is 17.6 Å². The van der Waals surface area contributed by atoms with Gasteiger partial charge in [0.2, 0.25) is 0 Å². The molecule has 0 saturated heterocycles. The molecule has 1 aromatic rings. The van der Waals surface area contributed by atoms with Crippen molar-refractivity contribution in [2.45, 2.75) is 4.90 Å². The Balaban J connectivity index is 2.52. The van der Waals surface area contributed by atoms with E-state index in [9.17, 15) is 5.11 Å². The Morgan fingerprint density at radius 1 is 1.31 bits per heavy atom. The van der Waals surface area contributed by atoms with Crippen molar-refractivity contribution in [2.75, 3.05) is 6.26 Å². The molecule has 1 aliphatic heterocycles. The van der Waals surface area contributed by atoms with Gasteiger partial charge in [-0.15, -0.1) is 0 Å². The summed E-state index contributed by atoms with van der Waals surface area (Å²) in [7, 11) is -1.27. The highest BCUT2D eigenvalue weighted by Crippen LogP contribution is 2.59. The number of allylic oxidation sites excluding steroid dienone is 1. The fraction of sp³-hybridized carbons (Fsp3) is 0.100. The molecule has 0 spiro atoms. The molecule has 1 heterocycles. The molecule has 1 aromatic carbocycles. The van der Waals surface area contributed by atoms with E-state index in [1.807, 2.05) is 24.3 Å². The summed E-state index contributed by atoms with van der Waals surface area (Å²) in [6, 6.07) is 7.38. The standard InChI is InChI=1S/C10H11NOS/c1-13(8-4-7-11-13)10-6-3-2-5-9(10)12/h2-8,12H,1H3. The van der Waals surface area contributed by atoms with E-state index in [1.54, 1.807) is 12.3 Å². The van der Waals surface area contributed by atoms with Crippen molar-refractivity contribution < 1.29 is 5.11 Å². The third kappa shape index (κ3) is 1.35. The average Bonchev–Trinajstić information content (AvgIpc) is 2.54. The normalized spacial score (nSPS) is 30.2. The Hall–Kier alpha value is -1.22. The Kier molecular flexibility index (Phi) is 1.88. The van der Waals surface area contributed by atoms with Crippen LogP contribution in [-0.2, 0) is 0 Å². The van der Waals surface area contributed by atoms with E-state index in [1.165, 1.54) is 0 Å². The van der Waals surface area contributed by atoms with Gasteiger partial charge >= 0.3 is 0 Å². The van der Waals surface area contributed by atoms with E-state index >= 15 is 0 Å². The zero-order valence-corrected chi connectivity index (χ0v) is 8.16. The van der Waals surface area contributed by atoms with Crippen LogP contribution in [0.1, 0.15) is 0 Å². The lowest BCUT2D eigenvalue weighted by Crippen LogP contribution is -1.88. The highest BCUT2D eigenvalue weighted by atomic mass is 32.3. The molecule has 0 aromatic heterocycles. The Morgan fingerprint density at radius 3 is 2.69 bits per heavy atom. The molecule has 0 aliphatic carbocycles. The molecule has 0 fully saturated rings. The molecule has 0 bridgehead atoms. The van der Waals surface area contributed by atoms with Crippen LogP contribution in [0.4, 0.5) is 0 Å². The molecule has 1 unspecified atom stereocenters. The third-order valence-electron chi connectivity index (χ3n) is 2.02. The summed E-state index contributed by atoms with van der Waals surface area (Å²) in [6.45, 7) is 0. The van der Waals surface area contributed by atoms with E-state index in [0.717, 1.165) is 4.90 Å². The second-order valence-corrected chi connectivity index (χ2v) is 5.78. The number of nitrogens with zero attached hydrogens (tertiary/aromatic N) is 1. The topological polar surface area (TPSA) is 32.6 Å². The molecule has 2 nitrogen and oxygen atoms in total. The van der Waals surface area contributed by atoms with Gasteiger partial charge in [0.1, 0.15) is 5.75 Å². The second-order valence-electron chi connectivity index (χ2n) is 2.99. The summed E-state index contributed by atoms with van der Waals surface area (Å²) >= 11 is 0. The summed E-state index contributed by atoms with van der Waals surface area (Å²) in [5.74, 6) is 0.337. The summed E-state index contributed by atoms with van der Waals surface area (Å²) in [5, 5.41) is 11.7. The van der Waals surface area contributed by atoms with Gasteiger partial charge in [-0.2, -0.15) is 0 Å². The molecule has 13 heavy (non-hydrogen) atoms. The molecule has 2 rings (SSSR count). The van der Waals surface area contributed by atoms with Crippen molar-refractivity contribution in [2.24, 2.45) is 4.40 Å². The van der Waals surface area contributed by atoms with Gasteiger partial charge in [0.05, 0.1) is 4.90 Å². The largest absolute Gasteiger partial charge is 0.507 e. The van der Waals surface area contributed by atoms with Crippen LogP contribution < -0.4 is 0 Å². The van der Waals surface area contributed by atoms with E-state index in [4.69, 9.17) is 0 Å². The summed E-state index contributed by atoms with van der Waals surface area (Å²) < 4.78 is 4.39. The highest BCUT2D eigenvalue weighted by molar-refractivity contribution is 8.34. The van der Waals surface area contributed by atoms with Crippen LogP contribution in [0.25, 0.3) is 0 Å². The monoisotopic (exact) mass is 193 g/mol. The lowest BCUT2D eigenvalue weighted by Gasteiger charge is -2.25. The Morgan fingerprint density at radius 2 is 2.08 bits per heavy atom. The van der Waals surface area contributed by atoms with E-state index in [-0.39, 0.29) is 0 Å². The summed E-state index contributed by atoms with van der Waals surface area (Å²) in [5.41, 5.74) is 0. The maximum Gasteiger partial charge on any atom is 0.129 e. The van der Waals surface area contributed by atoms with Crippen molar-refractivity contribution in [1.29, 1.82) is 0 Å². The highest BCUT2D eigenvalue weighted by Gasteiger charge is 2.20. The number of phenols is 1. The van der Waals surface area contributed by atoms with E-state index < -0.39 is 10.2 Å². The fourth-order valence-corrected chi connectivity index (χ4v) is 3.20. The molecule has 0 saturated carbocycles. The van der Waals surface area contributed by atoms with Crippen LogP contribution in [0.5, 0.6) is 5.75 Å². The van der Waals surface area contributed by atoms with Crippen molar-refractivity contribution in [3.63, 3.8) is 0 Å². The molecular formula is C10H11NOS. The molecule has 3 heteroatoms. The van der Waals surface area contributed by atoms with Gasteiger partial charge in [0.15, 0.2) is 0 Å². The molecule has 0 amide bonds. The van der Waals surface area contributed by atoms with Crippen LogP contribution in [0.3, 0.4) is 0 Å². The minimum atomic E-state index is -1.27. The summed E-state index contributed by atoms with van der Waals surface area (Å²) in [6.07, 6.45) is 5.78. The first-order chi connectivity index (χ1) is 6.22. The Labute approximate surface area is 79.1 Å². The van der Waals surface area contributed by atoms with Gasteiger partial charge < -0.3 is 5.11 Å². The zero-order valence-electron chi connectivity index (χ0n) is 7.34. The molecule has 68 valence electrons. The number of rotatable bonds is 1. The number of aromatic hydroxyl groups is 1. The molecular weight excluding hydrogens is 182 g/mol. The maximum atomic E-state index is 9.65. The first-order valence-corrected chi connectivity index (χ1v) is 6.07. The number of phenolic OH excluding ortho intramolecular Hbond substituents is 1. The first-order valence-electron chi connectivity index (χ1n) is 4.01. The second kappa shape index (κ2) is 2.92. The van der Waals surface area contributed by atoms with Crippen LogP contribution in [0.2, 0.25) is 0 Å². The molecule has 1 N–H and O–H groups in total. The van der Waals surface area contributed by atoms with Crippen molar-refractivity contribution in [1.82, 2.24) is 0 Å². The lowest BCUT2D eigenvalue weighted by molar-refractivity contribution is 0.462. The molecule has 1 aliphatic rings. The minimum absolute atomic E-state index is 0.337. The molecule has 1 atom stereocenters. The predicted molar refractivity (Wildman–Crippen MR) is 57.5 cm³/mol. The molecule has 0 radical (unpaired) electrons. The SMILES string of the molecule is CS1(c2ccccc2O)C=CC=N1. The number of para-hydroxylation sites is 1. The van der Waals surface area contributed by atoms with Crippen molar-refractivity contribution in [3.8, 4) is 5.75 Å².